The Morgan fingerprint density at radius 3 is 1.52 bits per heavy atom. The van der Waals surface area contributed by atoms with Crippen molar-refractivity contribution in [1.29, 1.82) is 0 Å². The minimum absolute atomic E-state index is 0.0996. The maximum atomic E-state index is 12.7. The second-order valence-corrected chi connectivity index (χ2v) is 19.9. The van der Waals surface area contributed by atoms with Gasteiger partial charge in [0.25, 0.3) is 0 Å². The molecule has 0 heterocycles. The number of rotatable bonds is 45. The number of phosphoric acid groups is 2. The van der Waals surface area contributed by atoms with Crippen LogP contribution in [0.4, 0.5) is 0 Å². The van der Waals surface area contributed by atoms with E-state index in [4.69, 9.17) is 23.8 Å². The zero-order chi connectivity index (χ0) is 46.3. The number of aliphatic hydroxyl groups excluding tert-OH is 3. The maximum absolute atomic E-state index is 12.7. The van der Waals surface area contributed by atoms with E-state index < -0.39 is 78.4 Å². The second kappa shape index (κ2) is 40.1. The molecule has 0 bridgehead atoms. The summed E-state index contributed by atoms with van der Waals surface area (Å²) in [4.78, 5) is 52.8. The van der Waals surface area contributed by atoms with Crippen molar-refractivity contribution in [2.45, 2.75) is 231 Å². The molecule has 0 aromatic rings. The minimum atomic E-state index is -4.88. The van der Waals surface area contributed by atoms with Crippen LogP contribution in [-0.4, -0.2) is 92.8 Å². The molecule has 0 amide bonds. The van der Waals surface area contributed by atoms with Crippen LogP contribution in [0.2, 0.25) is 0 Å². The van der Waals surface area contributed by atoms with Crippen molar-refractivity contribution >= 4 is 27.6 Å². The highest BCUT2D eigenvalue weighted by Gasteiger charge is 2.28. The highest BCUT2D eigenvalue weighted by molar-refractivity contribution is 7.47. The van der Waals surface area contributed by atoms with Crippen molar-refractivity contribution in [2.24, 2.45) is 5.92 Å². The van der Waals surface area contributed by atoms with Gasteiger partial charge in [-0.3, -0.25) is 23.2 Å². The van der Waals surface area contributed by atoms with E-state index in [0.717, 1.165) is 76.5 Å². The summed E-state index contributed by atoms with van der Waals surface area (Å²) in [6, 6.07) is 0. The quantitative estimate of drug-likeness (QED) is 0.0144. The number of unbranched alkanes of at least 4 members (excludes halogenated alkanes) is 21. The molecule has 62 heavy (non-hydrogen) atoms. The van der Waals surface area contributed by atoms with E-state index in [0.29, 0.717) is 25.7 Å². The lowest BCUT2D eigenvalue weighted by molar-refractivity contribution is -0.161. The Morgan fingerprint density at radius 1 is 0.532 bits per heavy atom. The van der Waals surface area contributed by atoms with Gasteiger partial charge in [0.1, 0.15) is 12.7 Å². The van der Waals surface area contributed by atoms with Crippen molar-refractivity contribution in [3.05, 3.63) is 12.2 Å². The number of allylic oxidation sites excluding steroid dienone is 1. The molecule has 368 valence electrons. The third-order valence-electron chi connectivity index (χ3n) is 10.5. The number of hydrogen-bond acceptors (Lipinski definition) is 12. The first-order valence-corrected chi connectivity index (χ1v) is 26.9. The van der Waals surface area contributed by atoms with Gasteiger partial charge in [0.15, 0.2) is 6.10 Å². The zero-order valence-electron chi connectivity index (χ0n) is 38.6. The van der Waals surface area contributed by atoms with Crippen LogP contribution in [0.15, 0.2) is 12.2 Å². The Morgan fingerprint density at radius 2 is 1.00 bits per heavy atom. The van der Waals surface area contributed by atoms with E-state index in [1.54, 1.807) is 0 Å². The summed E-state index contributed by atoms with van der Waals surface area (Å²) in [6.07, 6.45) is 27.9. The highest BCUT2D eigenvalue weighted by atomic mass is 31.2. The molecule has 0 radical (unpaired) electrons. The average molecular weight is 931 g/mol. The monoisotopic (exact) mass is 931 g/mol. The van der Waals surface area contributed by atoms with Crippen LogP contribution >= 0.6 is 15.6 Å². The van der Waals surface area contributed by atoms with Gasteiger partial charge < -0.3 is 39.5 Å². The predicted octanol–water partition coefficient (Wildman–Crippen LogP) is 10.3. The van der Waals surface area contributed by atoms with Gasteiger partial charge in [-0.15, -0.1) is 0 Å². The SMILES string of the molecule is CCCCC/C=C\C[C@@H](O)[C@H](O)CCCCCCCC(=O)OC[C@H](COP(=O)(O)OC[C@@H](O)COP(=O)(O)O)OC(=O)CCCCCCCCCCCCCCCCCC(C)C. The Balaban J connectivity index is 4.54. The standard InChI is InChI=1S/C45H88O15P2/c1-4-5-6-7-21-26-31-42(47)43(48)32-27-22-19-24-28-33-44(49)56-37-41(38-59-62(54,55)58-36-40(46)35-57-61(51,52)53)60-45(50)34-29-23-18-16-14-12-10-8-9-11-13-15-17-20-25-30-39(2)3/h21,26,39-43,46-48H,4-20,22-25,27-38H2,1-3H3,(H,54,55)(H2,51,52,53)/b26-21-/t40-,41+,42+,43+/m0/s1. The first kappa shape index (κ1) is 60.8. The number of carbonyl (C=O) groups is 2. The van der Waals surface area contributed by atoms with Crippen LogP contribution in [0.3, 0.4) is 0 Å². The van der Waals surface area contributed by atoms with Gasteiger partial charge in [0, 0.05) is 12.8 Å². The molecule has 0 aliphatic heterocycles. The molecule has 0 saturated heterocycles. The van der Waals surface area contributed by atoms with E-state index >= 15 is 0 Å². The molecule has 17 heteroatoms. The van der Waals surface area contributed by atoms with E-state index in [1.165, 1.54) is 77.0 Å². The number of carbonyl (C=O) groups excluding carboxylic acids is 2. The summed E-state index contributed by atoms with van der Waals surface area (Å²) < 4.78 is 47.8. The molecule has 1 unspecified atom stereocenters. The van der Waals surface area contributed by atoms with Crippen LogP contribution in [0.25, 0.3) is 0 Å². The van der Waals surface area contributed by atoms with Crippen LogP contribution in [-0.2, 0) is 41.8 Å². The van der Waals surface area contributed by atoms with Gasteiger partial charge in [-0.1, -0.05) is 168 Å². The van der Waals surface area contributed by atoms with Crippen molar-refractivity contribution < 1.29 is 71.8 Å². The number of ether oxygens (including phenoxy) is 2. The highest BCUT2D eigenvalue weighted by Crippen LogP contribution is 2.44. The molecule has 0 saturated carbocycles. The minimum Gasteiger partial charge on any atom is -0.462 e. The number of aliphatic hydroxyl groups is 3. The Labute approximate surface area is 374 Å². The predicted molar refractivity (Wildman–Crippen MR) is 242 cm³/mol. The van der Waals surface area contributed by atoms with Gasteiger partial charge in [0.2, 0.25) is 0 Å². The molecule has 0 spiro atoms. The molecule has 0 aromatic carbocycles. The fourth-order valence-electron chi connectivity index (χ4n) is 6.73. The summed E-state index contributed by atoms with van der Waals surface area (Å²) in [6.45, 7) is 3.89. The van der Waals surface area contributed by atoms with E-state index in [9.17, 15) is 38.9 Å². The Bertz CT molecular complexity index is 1200. The van der Waals surface area contributed by atoms with Crippen molar-refractivity contribution in [1.82, 2.24) is 0 Å². The lowest BCUT2D eigenvalue weighted by Crippen LogP contribution is -2.30. The summed E-state index contributed by atoms with van der Waals surface area (Å²) in [7, 11) is -9.72. The fourth-order valence-corrected chi connectivity index (χ4v) is 7.89. The lowest BCUT2D eigenvalue weighted by Gasteiger charge is -2.20. The summed E-state index contributed by atoms with van der Waals surface area (Å²) in [5.41, 5.74) is 0. The van der Waals surface area contributed by atoms with Gasteiger partial charge in [-0.2, -0.15) is 0 Å². The second-order valence-electron chi connectivity index (χ2n) is 17.2. The number of hydrogen-bond donors (Lipinski definition) is 6. The normalized spacial score (nSPS) is 15.1. The summed E-state index contributed by atoms with van der Waals surface area (Å²) in [5.74, 6) is -0.325. The van der Waals surface area contributed by atoms with E-state index in [2.05, 4.69) is 35.9 Å². The van der Waals surface area contributed by atoms with E-state index in [-0.39, 0.29) is 12.8 Å². The molecule has 5 atom stereocenters. The van der Waals surface area contributed by atoms with Crippen LogP contribution in [0.5, 0.6) is 0 Å². The van der Waals surface area contributed by atoms with Gasteiger partial charge >= 0.3 is 27.6 Å². The fraction of sp³-hybridized carbons (Fsp3) is 0.911. The summed E-state index contributed by atoms with van der Waals surface area (Å²) in [5, 5.41) is 30.2. The van der Waals surface area contributed by atoms with E-state index in [1.807, 2.05) is 6.08 Å². The first-order chi connectivity index (χ1) is 29.5. The lowest BCUT2D eigenvalue weighted by atomic mass is 10.0. The molecule has 0 aliphatic rings. The largest absolute Gasteiger partial charge is 0.472 e. The molecule has 0 aromatic heterocycles. The zero-order valence-corrected chi connectivity index (χ0v) is 40.4. The molecule has 6 N–H and O–H groups in total. The van der Waals surface area contributed by atoms with Crippen LogP contribution in [0.1, 0.15) is 207 Å². The maximum Gasteiger partial charge on any atom is 0.472 e. The number of esters is 2. The summed E-state index contributed by atoms with van der Waals surface area (Å²) >= 11 is 0. The third-order valence-corrected chi connectivity index (χ3v) is 12.0. The van der Waals surface area contributed by atoms with Gasteiger partial charge in [-0.05, 0) is 44.4 Å². The van der Waals surface area contributed by atoms with Gasteiger partial charge in [0.05, 0.1) is 32.0 Å². The molecule has 0 aliphatic carbocycles. The number of phosphoric ester groups is 2. The first-order valence-electron chi connectivity index (χ1n) is 23.9. The molecule has 0 fully saturated rings. The topological polar surface area (TPSA) is 236 Å². The Hall–Kier alpha value is -1.22. The van der Waals surface area contributed by atoms with Gasteiger partial charge in [-0.25, -0.2) is 9.13 Å². The third kappa shape index (κ3) is 42.7. The average Bonchev–Trinajstić information content (AvgIpc) is 3.21. The molecule has 0 rings (SSSR count). The van der Waals surface area contributed by atoms with Crippen LogP contribution < -0.4 is 0 Å². The van der Waals surface area contributed by atoms with Crippen LogP contribution in [0, 0.1) is 5.92 Å². The van der Waals surface area contributed by atoms with Crippen molar-refractivity contribution in [3.8, 4) is 0 Å². The smallest absolute Gasteiger partial charge is 0.462 e. The Kier molecular flexibility index (Phi) is 39.3. The van der Waals surface area contributed by atoms with Crippen molar-refractivity contribution in [2.75, 3.05) is 26.4 Å². The molecular weight excluding hydrogens is 842 g/mol. The van der Waals surface area contributed by atoms with Crippen molar-refractivity contribution in [3.63, 3.8) is 0 Å². The molecular formula is C45H88O15P2. The molecule has 15 nitrogen and oxygen atoms in total.